The molecule has 0 bridgehead atoms. The van der Waals surface area contributed by atoms with E-state index < -0.39 is 46.5 Å². The van der Waals surface area contributed by atoms with Gasteiger partial charge in [-0.05, 0) is 12.3 Å². The minimum atomic E-state index is -3.92. The fourth-order valence-corrected chi connectivity index (χ4v) is 3.30. The number of aliphatic hydroxyl groups is 1. The van der Waals surface area contributed by atoms with Gasteiger partial charge in [0.15, 0.2) is 6.10 Å². The van der Waals surface area contributed by atoms with Crippen LogP contribution in [0, 0.1) is 17.3 Å². The molecule has 0 aromatic rings. The van der Waals surface area contributed by atoms with Crippen LogP contribution in [0.3, 0.4) is 0 Å². The summed E-state index contributed by atoms with van der Waals surface area (Å²) in [5.41, 5.74) is -1.30. The molecule has 1 unspecified atom stereocenters. The minimum Gasteiger partial charge on any atom is -0.425 e. The van der Waals surface area contributed by atoms with Crippen LogP contribution in [0.25, 0.3) is 0 Å². The second kappa shape index (κ2) is 13.0. The van der Waals surface area contributed by atoms with Gasteiger partial charge in [-0.2, -0.15) is 8.42 Å². The average molecular weight is 468 g/mol. The van der Waals surface area contributed by atoms with Crippen molar-refractivity contribution in [3.8, 4) is 0 Å². The predicted molar refractivity (Wildman–Crippen MR) is 113 cm³/mol. The minimum absolute atomic E-state index is 0.0675. The SMILES string of the molecule is CC(=O)NCCCS(=O)(=O)OCC(C)(C)[C@@H](O)C(=O)OC(OC(=O)CC(C)C)C(C)C. The zero-order chi connectivity index (χ0) is 24.4. The van der Waals surface area contributed by atoms with Crippen molar-refractivity contribution in [3.63, 3.8) is 0 Å². The van der Waals surface area contributed by atoms with Crippen molar-refractivity contribution in [3.05, 3.63) is 0 Å². The molecular weight excluding hydrogens is 430 g/mol. The molecule has 2 N–H and O–H groups in total. The first-order chi connectivity index (χ1) is 14.1. The topological polar surface area (TPSA) is 145 Å². The molecule has 0 fully saturated rings. The molecule has 10 nitrogen and oxygen atoms in total. The van der Waals surface area contributed by atoms with Crippen molar-refractivity contribution in [1.29, 1.82) is 0 Å². The lowest BCUT2D eigenvalue weighted by atomic mass is 9.87. The summed E-state index contributed by atoms with van der Waals surface area (Å²) in [6, 6.07) is 0. The third kappa shape index (κ3) is 12.7. The van der Waals surface area contributed by atoms with Crippen LogP contribution in [0.4, 0.5) is 0 Å². The quantitative estimate of drug-likeness (QED) is 0.167. The number of amides is 1. The maximum Gasteiger partial charge on any atom is 0.338 e. The van der Waals surface area contributed by atoms with E-state index in [-0.39, 0.29) is 42.9 Å². The summed E-state index contributed by atoms with van der Waals surface area (Å²) in [6.07, 6.45) is -2.58. The first kappa shape index (κ1) is 29.3. The van der Waals surface area contributed by atoms with Gasteiger partial charge in [0.25, 0.3) is 10.1 Å². The lowest BCUT2D eigenvalue weighted by molar-refractivity contribution is -0.206. The molecule has 1 amide bonds. The van der Waals surface area contributed by atoms with Crippen LogP contribution < -0.4 is 5.32 Å². The van der Waals surface area contributed by atoms with Crippen molar-refractivity contribution < 1.29 is 41.6 Å². The number of esters is 2. The Morgan fingerprint density at radius 1 is 1.06 bits per heavy atom. The number of nitrogens with one attached hydrogen (secondary N) is 1. The Bertz CT molecular complexity index is 701. The summed E-state index contributed by atoms with van der Waals surface area (Å²) in [5.74, 6) is -2.45. The lowest BCUT2D eigenvalue weighted by Gasteiger charge is -2.30. The number of carbonyl (C=O) groups excluding carboxylic acids is 3. The molecule has 182 valence electrons. The van der Waals surface area contributed by atoms with E-state index >= 15 is 0 Å². The highest BCUT2D eigenvalue weighted by molar-refractivity contribution is 7.86. The third-order valence-corrected chi connectivity index (χ3v) is 5.38. The smallest absolute Gasteiger partial charge is 0.338 e. The van der Waals surface area contributed by atoms with Crippen molar-refractivity contribution in [1.82, 2.24) is 5.32 Å². The van der Waals surface area contributed by atoms with Crippen LogP contribution in [-0.4, -0.2) is 62.7 Å². The van der Waals surface area contributed by atoms with Gasteiger partial charge in [-0.3, -0.25) is 13.8 Å². The first-order valence-corrected chi connectivity index (χ1v) is 11.8. The van der Waals surface area contributed by atoms with E-state index in [1.165, 1.54) is 20.8 Å². The Labute approximate surface area is 185 Å². The molecule has 0 aliphatic carbocycles. The van der Waals surface area contributed by atoms with Gasteiger partial charge in [0.1, 0.15) is 0 Å². The monoisotopic (exact) mass is 467 g/mol. The Hall–Kier alpha value is -1.72. The number of carbonyl (C=O) groups is 3. The fourth-order valence-electron chi connectivity index (χ4n) is 2.20. The Morgan fingerprint density at radius 2 is 1.65 bits per heavy atom. The van der Waals surface area contributed by atoms with Gasteiger partial charge in [-0.1, -0.05) is 41.5 Å². The standard InChI is InChI=1S/C20H37NO9S/c1-13(2)11-16(23)29-19(14(3)4)30-18(25)17(24)20(6,7)12-28-31(26,27)10-8-9-21-15(5)22/h13-14,17,19,24H,8-12H2,1-7H3,(H,21,22)/t17-,19?/m0/s1. The van der Waals surface area contributed by atoms with Crippen molar-refractivity contribution >= 4 is 28.0 Å². The second-order valence-corrected chi connectivity index (χ2v) is 10.6. The highest BCUT2D eigenvalue weighted by Gasteiger charge is 2.38. The van der Waals surface area contributed by atoms with Gasteiger partial charge >= 0.3 is 11.9 Å². The average Bonchev–Trinajstić information content (AvgIpc) is 2.61. The maximum absolute atomic E-state index is 12.4. The van der Waals surface area contributed by atoms with E-state index in [9.17, 15) is 27.9 Å². The highest BCUT2D eigenvalue weighted by Crippen LogP contribution is 2.25. The zero-order valence-corrected chi connectivity index (χ0v) is 20.3. The Morgan fingerprint density at radius 3 is 2.13 bits per heavy atom. The summed E-state index contributed by atoms with van der Waals surface area (Å²) in [4.78, 5) is 35.1. The zero-order valence-electron chi connectivity index (χ0n) is 19.5. The third-order valence-electron chi connectivity index (χ3n) is 4.12. The molecule has 0 radical (unpaired) electrons. The van der Waals surface area contributed by atoms with Crippen molar-refractivity contribution in [2.45, 2.75) is 73.7 Å². The number of rotatable bonds is 14. The fraction of sp³-hybridized carbons (Fsp3) is 0.850. The van der Waals surface area contributed by atoms with E-state index in [1.54, 1.807) is 13.8 Å². The van der Waals surface area contributed by atoms with Gasteiger partial charge in [0.05, 0.1) is 12.4 Å². The van der Waals surface area contributed by atoms with Crippen LogP contribution in [0.15, 0.2) is 0 Å². The summed E-state index contributed by atoms with van der Waals surface area (Å²) >= 11 is 0. The molecule has 2 atom stereocenters. The van der Waals surface area contributed by atoms with Gasteiger partial charge in [-0.15, -0.1) is 0 Å². The van der Waals surface area contributed by atoms with Gasteiger partial charge in [-0.25, -0.2) is 4.79 Å². The van der Waals surface area contributed by atoms with Crippen molar-refractivity contribution in [2.24, 2.45) is 17.3 Å². The molecule has 0 spiro atoms. The lowest BCUT2D eigenvalue weighted by Crippen LogP contribution is -2.44. The maximum atomic E-state index is 12.4. The molecule has 0 saturated carbocycles. The first-order valence-electron chi connectivity index (χ1n) is 10.3. The Kier molecular flexibility index (Phi) is 12.3. The van der Waals surface area contributed by atoms with E-state index in [0.29, 0.717) is 0 Å². The predicted octanol–water partition coefficient (Wildman–Crippen LogP) is 1.36. The number of hydrogen-bond acceptors (Lipinski definition) is 9. The molecule has 0 rings (SSSR count). The highest BCUT2D eigenvalue weighted by atomic mass is 32.2. The van der Waals surface area contributed by atoms with Crippen LogP contribution >= 0.6 is 0 Å². The van der Waals surface area contributed by atoms with Crippen LogP contribution in [-0.2, 0) is 38.2 Å². The normalized spacial score (nSPS) is 14.3. The second-order valence-electron chi connectivity index (χ2n) is 8.89. The molecule has 0 aromatic heterocycles. The van der Waals surface area contributed by atoms with Crippen LogP contribution in [0.2, 0.25) is 0 Å². The van der Waals surface area contributed by atoms with Crippen LogP contribution in [0.5, 0.6) is 0 Å². The largest absolute Gasteiger partial charge is 0.425 e. The molecule has 0 aliphatic heterocycles. The van der Waals surface area contributed by atoms with Gasteiger partial charge in [0, 0.05) is 31.2 Å². The molecular formula is C20H37NO9S. The summed E-state index contributed by atoms with van der Waals surface area (Å²) in [7, 11) is -3.92. The van der Waals surface area contributed by atoms with E-state index in [1.807, 2.05) is 13.8 Å². The van der Waals surface area contributed by atoms with E-state index in [4.69, 9.17) is 13.7 Å². The molecule has 0 saturated heterocycles. The number of ether oxygens (including phenoxy) is 2. The number of hydrogen-bond donors (Lipinski definition) is 2. The summed E-state index contributed by atoms with van der Waals surface area (Å²) < 4.78 is 39.3. The molecule has 0 aliphatic rings. The van der Waals surface area contributed by atoms with Gasteiger partial charge < -0.3 is 19.9 Å². The van der Waals surface area contributed by atoms with Gasteiger partial charge in [0.2, 0.25) is 12.2 Å². The summed E-state index contributed by atoms with van der Waals surface area (Å²) in [5, 5.41) is 12.9. The molecule has 0 heterocycles. The Balaban J connectivity index is 4.84. The van der Waals surface area contributed by atoms with Crippen molar-refractivity contribution in [2.75, 3.05) is 18.9 Å². The van der Waals surface area contributed by atoms with E-state index in [2.05, 4.69) is 5.32 Å². The van der Waals surface area contributed by atoms with Crippen LogP contribution in [0.1, 0.15) is 61.3 Å². The molecule has 11 heteroatoms. The number of aliphatic hydroxyl groups excluding tert-OH is 1. The molecule has 0 aromatic carbocycles. The van der Waals surface area contributed by atoms with E-state index in [0.717, 1.165) is 0 Å². The molecule has 31 heavy (non-hydrogen) atoms. The summed E-state index contributed by atoms with van der Waals surface area (Å²) in [6.45, 7) is 11.0.